The molecule has 1 aliphatic carbocycles. The lowest BCUT2D eigenvalue weighted by atomic mass is 9.73. The van der Waals surface area contributed by atoms with Crippen LogP contribution in [0, 0.1) is 11.3 Å². The summed E-state index contributed by atoms with van der Waals surface area (Å²) in [5, 5.41) is 14.2. The van der Waals surface area contributed by atoms with Gasteiger partial charge in [-0.25, -0.2) is 4.98 Å². The molecule has 2 aromatic heterocycles. The second kappa shape index (κ2) is 6.21. The Morgan fingerprint density at radius 2 is 2.16 bits per heavy atom. The van der Waals surface area contributed by atoms with Crippen molar-refractivity contribution in [1.29, 1.82) is 0 Å². The van der Waals surface area contributed by atoms with Gasteiger partial charge in [-0.3, -0.25) is 15.2 Å². The molecule has 0 aromatic carbocycles. The molecular weight excluding hydrogens is 334 g/mol. The summed E-state index contributed by atoms with van der Waals surface area (Å²) in [7, 11) is 0. The van der Waals surface area contributed by atoms with E-state index in [1.165, 1.54) is 11.3 Å². The second-order valence-electron chi connectivity index (χ2n) is 8.10. The number of hydrogen-bond acceptors (Lipinski definition) is 5. The zero-order valence-corrected chi connectivity index (χ0v) is 15.8. The van der Waals surface area contributed by atoms with Gasteiger partial charge in [-0.2, -0.15) is 5.10 Å². The molecule has 1 atom stereocenters. The number of fused-ring (bicyclic) bond motifs is 2. The van der Waals surface area contributed by atoms with Gasteiger partial charge in [0.25, 0.3) is 5.91 Å². The van der Waals surface area contributed by atoms with Crippen LogP contribution in [0.15, 0.2) is 0 Å². The Labute approximate surface area is 151 Å². The first-order chi connectivity index (χ1) is 11.9. The van der Waals surface area contributed by atoms with Gasteiger partial charge in [-0.05, 0) is 30.6 Å². The normalized spacial score (nSPS) is 20.0. The highest BCUT2D eigenvalue weighted by molar-refractivity contribution is 7.15. The quantitative estimate of drug-likeness (QED) is 0.770. The number of rotatable bonds is 2. The summed E-state index contributed by atoms with van der Waals surface area (Å²) < 4.78 is 0. The largest absolute Gasteiger partial charge is 0.312 e. The van der Waals surface area contributed by atoms with Crippen LogP contribution in [0.2, 0.25) is 0 Å². The van der Waals surface area contributed by atoms with E-state index in [-0.39, 0.29) is 5.91 Å². The molecule has 0 radical (unpaired) electrons. The van der Waals surface area contributed by atoms with Gasteiger partial charge in [0.2, 0.25) is 0 Å². The predicted molar refractivity (Wildman–Crippen MR) is 99.0 cm³/mol. The molecule has 25 heavy (non-hydrogen) atoms. The van der Waals surface area contributed by atoms with Crippen molar-refractivity contribution in [3.63, 3.8) is 0 Å². The van der Waals surface area contributed by atoms with Crippen molar-refractivity contribution >= 4 is 22.4 Å². The van der Waals surface area contributed by atoms with Crippen molar-refractivity contribution in [1.82, 2.24) is 20.5 Å². The number of anilines is 1. The van der Waals surface area contributed by atoms with Gasteiger partial charge in [0.1, 0.15) is 0 Å². The standard InChI is InChI=1S/C18H25N5OS/c1-18(2,3)10-4-5-13-14(8-10)25-17(20-13)21-16(24)15-11-9-19-7-6-12(11)22-23-15/h10,19H,4-9H2,1-3H3,(H,22,23)(H,20,21,24). The van der Waals surface area contributed by atoms with Gasteiger partial charge in [0, 0.05) is 35.6 Å². The number of carbonyl (C=O) groups excluding carboxylic acids is 1. The number of aromatic amines is 1. The Morgan fingerprint density at radius 3 is 2.96 bits per heavy atom. The minimum Gasteiger partial charge on any atom is -0.312 e. The summed E-state index contributed by atoms with van der Waals surface area (Å²) in [6, 6.07) is 0. The van der Waals surface area contributed by atoms with Crippen molar-refractivity contribution in [2.24, 2.45) is 11.3 Å². The third-order valence-electron chi connectivity index (χ3n) is 5.41. The number of amides is 1. The fraction of sp³-hybridized carbons (Fsp3) is 0.611. The first-order valence-corrected chi connectivity index (χ1v) is 9.80. The van der Waals surface area contributed by atoms with Crippen LogP contribution in [0.4, 0.5) is 5.13 Å². The molecule has 3 heterocycles. The maximum atomic E-state index is 12.6. The van der Waals surface area contributed by atoms with Crippen molar-refractivity contribution in [2.75, 3.05) is 11.9 Å². The average Bonchev–Trinajstić information content (AvgIpc) is 3.16. The molecule has 0 bridgehead atoms. The van der Waals surface area contributed by atoms with Crippen molar-refractivity contribution in [3.05, 3.63) is 27.5 Å². The number of H-pyrrole nitrogens is 1. The van der Waals surface area contributed by atoms with Crippen molar-refractivity contribution in [3.8, 4) is 0 Å². The maximum Gasteiger partial charge on any atom is 0.278 e. The number of aryl methyl sites for hydroxylation is 1. The number of nitrogens with zero attached hydrogens (tertiary/aromatic N) is 2. The predicted octanol–water partition coefficient (Wildman–Crippen LogP) is 2.92. The molecule has 134 valence electrons. The molecule has 7 heteroatoms. The zero-order chi connectivity index (χ0) is 17.6. The molecule has 0 saturated heterocycles. The van der Waals surface area contributed by atoms with Crippen LogP contribution in [0.1, 0.15) is 59.5 Å². The zero-order valence-electron chi connectivity index (χ0n) is 15.0. The summed E-state index contributed by atoms with van der Waals surface area (Å²) in [5.41, 5.74) is 4.01. The first-order valence-electron chi connectivity index (χ1n) is 8.98. The molecule has 1 amide bonds. The van der Waals surface area contributed by atoms with E-state index in [1.807, 2.05) is 0 Å². The van der Waals surface area contributed by atoms with Gasteiger partial charge in [-0.1, -0.05) is 20.8 Å². The minimum absolute atomic E-state index is 0.167. The van der Waals surface area contributed by atoms with Gasteiger partial charge >= 0.3 is 0 Å². The van der Waals surface area contributed by atoms with E-state index in [0.717, 1.165) is 42.8 Å². The summed E-state index contributed by atoms with van der Waals surface area (Å²) in [6.07, 6.45) is 4.13. The van der Waals surface area contributed by atoms with E-state index < -0.39 is 0 Å². The molecule has 1 aliphatic heterocycles. The molecule has 1 unspecified atom stereocenters. The van der Waals surface area contributed by atoms with E-state index in [9.17, 15) is 4.79 Å². The van der Waals surface area contributed by atoms with Crippen LogP contribution in [0.25, 0.3) is 0 Å². The smallest absolute Gasteiger partial charge is 0.278 e. The summed E-state index contributed by atoms with van der Waals surface area (Å²) in [4.78, 5) is 18.6. The summed E-state index contributed by atoms with van der Waals surface area (Å²) >= 11 is 1.62. The number of thiazole rings is 1. The highest BCUT2D eigenvalue weighted by atomic mass is 32.1. The molecule has 0 spiro atoms. The number of hydrogen-bond donors (Lipinski definition) is 3. The highest BCUT2D eigenvalue weighted by Crippen LogP contribution is 2.40. The van der Waals surface area contributed by atoms with Gasteiger partial charge < -0.3 is 5.32 Å². The van der Waals surface area contributed by atoms with Crippen LogP contribution in [-0.2, 0) is 25.8 Å². The van der Waals surface area contributed by atoms with E-state index in [2.05, 4.69) is 46.6 Å². The van der Waals surface area contributed by atoms with Crippen molar-refractivity contribution in [2.45, 2.75) is 53.0 Å². The van der Waals surface area contributed by atoms with E-state index in [1.54, 1.807) is 11.3 Å². The SMILES string of the molecule is CC(C)(C)C1CCc2nc(NC(=O)c3n[nH]c4c3CNCC4)sc2C1. The Balaban J connectivity index is 1.50. The van der Waals surface area contributed by atoms with Crippen LogP contribution >= 0.6 is 11.3 Å². The summed E-state index contributed by atoms with van der Waals surface area (Å²) in [6.45, 7) is 8.53. The summed E-state index contributed by atoms with van der Waals surface area (Å²) in [5.74, 6) is 0.508. The minimum atomic E-state index is -0.167. The molecule has 2 aromatic rings. The first kappa shape index (κ1) is 16.7. The molecule has 6 nitrogen and oxygen atoms in total. The monoisotopic (exact) mass is 359 g/mol. The lowest BCUT2D eigenvalue weighted by molar-refractivity contribution is 0.102. The number of nitrogens with one attached hydrogen (secondary N) is 3. The van der Waals surface area contributed by atoms with Gasteiger partial charge in [-0.15, -0.1) is 11.3 Å². The fourth-order valence-electron chi connectivity index (χ4n) is 3.74. The number of carbonyl (C=O) groups is 1. The van der Waals surface area contributed by atoms with Crippen LogP contribution < -0.4 is 10.6 Å². The van der Waals surface area contributed by atoms with Gasteiger partial charge in [0.15, 0.2) is 10.8 Å². The van der Waals surface area contributed by atoms with Crippen LogP contribution in [0.3, 0.4) is 0 Å². The molecular formula is C18H25N5OS. The fourth-order valence-corrected chi connectivity index (χ4v) is 4.82. The Hall–Kier alpha value is -1.73. The molecule has 2 aliphatic rings. The average molecular weight is 359 g/mol. The Bertz CT molecular complexity index is 801. The van der Waals surface area contributed by atoms with Crippen molar-refractivity contribution < 1.29 is 4.79 Å². The van der Waals surface area contributed by atoms with Crippen LogP contribution in [-0.4, -0.2) is 27.6 Å². The van der Waals surface area contributed by atoms with Crippen LogP contribution in [0.5, 0.6) is 0 Å². The highest BCUT2D eigenvalue weighted by Gasteiger charge is 2.31. The molecule has 0 saturated carbocycles. The van der Waals surface area contributed by atoms with E-state index in [4.69, 9.17) is 0 Å². The van der Waals surface area contributed by atoms with Gasteiger partial charge in [0.05, 0.1) is 5.69 Å². The molecule has 0 fully saturated rings. The maximum absolute atomic E-state index is 12.6. The molecule has 4 rings (SSSR count). The topological polar surface area (TPSA) is 82.7 Å². The third-order valence-corrected chi connectivity index (χ3v) is 6.44. The molecule has 3 N–H and O–H groups in total. The lowest BCUT2D eigenvalue weighted by Crippen LogP contribution is -2.26. The van der Waals surface area contributed by atoms with E-state index >= 15 is 0 Å². The van der Waals surface area contributed by atoms with E-state index in [0.29, 0.717) is 28.7 Å². The lowest BCUT2D eigenvalue weighted by Gasteiger charge is -2.33. The Kier molecular flexibility index (Phi) is 4.16. The number of aromatic nitrogens is 3. The third kappa shape index (κ3) is 3.22. The second-order valence-corrected chi connectivity index (χ2v) is 9.19. The Morgan fingerprint density at radius 1 is 1.32 bits per heavy atom.